The summed E-state index contributed by atoms with van der Waals surface area (Å²) >= 11 is 5.90. The van der Waals surface area contributed by atoms with Crippen LogP contribution in [0.25, 0.3) is 0 Å². The summed E-state index contributed by atoms with van der Waals surface area (Å²) in [4.78, 5) is 2.27. The summed E-state index contributed by atoms with van der Waals surface area (Å²) in [6.45, 7) is 1.99. The van der Waals surface area contributed by atoms with Gasteiger partial charge < -0.3 is 10.6 Å². The number of nitrogens with two attached hydrogens (primary N) is 1. The first-order chi connectivity index (χ1) is 6.25. The quantitative estimate of drug-likeness (QED) is 0.806. The molecule has 0 aromatic heterocycles. The smallest absolute Gasteiger partial charge is 0.0426 e. The van der Waals surface area contributed by atoms with E-state index in [1.807, 2.05) is 18.2 Å². The molecule has 1 aliphatic heterocycles. The van der Waals surface area contributed by atoms with Gasteiger partial charge in [0.15, 0.2) is 0 Å². The summed E-state index contributed by atoms with van der Waals surface area (Å²) in [5.74, 6) is 0. The average molecular weight is 233 g/mol. The summed E-state index contributed by atoms with van der Waals surface area (Å²) in [5, 5.41) is 0.790. The van der Waals surface area contributed by atoms with Crippen LogP contribution in [0, 0.1) is 0 Å². The fraction of sp³-hybridized carbons (Fsp3) is 0.400. The third-order valence-electron chi connectivity index (χ3n) is 2.40. The van der Waals surface area contributed by atoms with Crippen molar-refractivity contribution in [2.24, 2.45) is 5.73 Å². The van der Waals surface area contributed by atoms with Gasteiger partial charge in [-0.2, -0.15) is 0 Å². The van der Waals surface area contributed by atoms with Crippen LogP contribution in [-0.2, 0) is 0 Å². The first-order valence-corrected chi connectivity index (χ1v) is 4.89. The number of benzene rings is 1. The highest BCUT2D eigenvalue weighted by Gasteiger charge is 2.18. The Hall–Kier alpha value is -0.440. The van der Waals surface area contributed by atoms with Crippen molar-refractivity contribution in [3.63, 3.8) is 0 Å². The second-order valence-corrected chi connectivity index (χ2v) is 3.91. The predicted octanol–water partition coefficient (Wildman–Crippen LogP) is 2.30. The van der Waals surface area contributed by atoms with E-state index in [1.54, 1.807) is 0 Å². The summed E-state index contributed by atoms with van der Waals surface area (Å²) in [6.07, 6.45) is 1.08. The van der Waals surface area contributed by atoms with E-state index in [4.69, 9.17) is 17.3 Å². The molecule has 1 fully saturated rings. The standard InChI is InChI=1S/C10H13ClN2.ClH/c11-8-2-1-3-10(6-8)13-5-4-9(12)7-13;/h1-3,6,9H,4-5,7,12H2;1H/t9-;/m0./s1. The van der Waals surface area contributed by atoms with Crippen LogP contribution in [0.5, 0.6) is 0 Å². The molecule has 1 aromatic rings. The lowest BCUT2D eigenvalue weighted by Crippen LogP contribution is -2.26. The zero-order valence-corrected chi connectivity index (χ0v) is 9.39. The first-order valence-electron chi connectivity index (χ1n) is 4.52. The molecule has 1 aromatic carbocycles. The van der Waals surface area contributed by atoms with Crippen LogP contribution >= 0.6 is 24.0 Å². The maximum Gasteiger partial charge on any atom is 0.0426 e. The number of hydrogen-bond donors (Lipinski definition) is 1. The van der Waals surface area contributed by atoms with Gasteiger partial charge in [-0.15, -0.1) is 12.4 Å². The Morgan fingerprint density at radius 3 is 2.79 bits per heavy atom. The maximum absolute atomic E-state index is 5.90. The molecule has 2 N–H and O–H groups in total. The average Bonchev–Trinajstić information content (AvgIpc) is 2.52. The van der Waals surface area contributed by atoms with Crippen molar-refractivity contribution in [1.29, 1.82) is 0 Å². The van der Waals surface area contributed by atoms with E-state index in [2.05, 4.69) is 11.0 Å². The molecule has 1 saturated heterocycles. The summed E-state index contributed by atoms with van der Waals surface area (Å²) in [6, 6.07) is 8.24. The Morgan fingerprint density at radius 1 is 1.43 bits per heavy atom. The van der Waals surface area contributed by atoms with E-state index in [0.717, 1.165) is 24.5 Å². The van der Waals surface area contributed by atoms with Crippen LogP contribution in [0.2, 0.25) is 5.02 Å². The van der Waals surface area contributed by atoms with E-state index >= 15 is 0 Å². The minimum atomic E-state index is 0. The Balaban J connectivity index is 0.000000980. The highest BCUT2D eigenvalue weighted by atomic mass is 35.5. The van der Waals surface area contributed by atoms with Gasteiger partial charge in [-0.25, -0.2) is 0 Å². The molecule has 1 atom stereocenters. The molecule has 2 rings (SSSR count). The van der Waals surface area contributed by atoms with Crippen molar-refractivity contribution in [3.8, 4) is 0 Å². The monoisotopic (exact) mass is 232 g/mol. The van der Waals surface area contributed by atoms with Crippen molar-refractivity contribution < 1.29 is 0 Å². The molecule has 0 bridgehead atoms. The molecule has 14 heavy (non-hydrogen) atoms. The van der Waals surface area contributed by atoms with Crippen LogP contribution in [0.3, 0.4) is 0 Å². The van der Waals surface area contributed by atoms with Gasteiger partial charge >= 0.3 is 0 Å². The fourth-order valence-corrected chi connectivity index (χ4v) is 1.88. The topological polar surface area (TPSA) is 29.3 Å². The van der Waals surface area contributed by atoms with Gasteiger partial charge in [0.1, 0.15) is 0 Å². The van der Waals surface area contributed by atoms with E-state index in [0.29, 0.717) is 6.04 Å². The molecule has 0 spiro atoms. The van der Waals surface area contributed by atoms with Crippen LogP contribution in [0.15, 0.2) is 24.3 Å². The molecule has 78 valence electrons. The number of hydrogen-bond acceptors (Lipinski definition) is 2. The van der Waals surface area contributed by atoms with Crippen LogP contribution in [0.1, 0.15) is 6.42 Å². The number of rotatable bonds is 1. The van der Waals surface area contributed by atoms with Gasteiger partial charge in [0.05, 0.1) is 0 Å². The Labute approximate surface area is 95.4 Å². The lowest BCUT2D eigenvalue weighted by molar-refractivity contribution is 0.752. The number of halogens is 2. The maximum atomic E-state index is 5.90. The molecule has 0 aliphatic carbocycles. The second-order valence-electron chi connectivity index (χ2n) is 3.47. The zero-order valence-electron chi connectivity index (χ0n) is 7.82. The minimum Gasteiger partial charge on any atom is -0.370 e. The fourth-order valence-electron chi connectivity index (χ4n) is 1.69. The highest BCUT2D eigenvalue weighted by molar-refractivity contribution is 6.30. The van der Waals surface area contributed by atoms with Crippen molar-refractivity contribution in [2.45, 2.75) is 12.5 Å². The second kappa shape index (κ2) is 4.87. The third kappa shape index (κ3) is 2.53. The van der Waals surface area contributed by atoms with Gasteiger partial charge in [0.25, 0.3) is 0 Å². The molecule has 4 heteroatoms. The molecule has 0 radical (unpaired) electrons. The lowest BCUT2D eigenvalue weighted by atomic mass is 10.3. The molecule has 0 amide bonds. The molecule has 0 saturated carbocycles. The zero-order chi connectivity index (χ0) is 9.26. The van der Waals surface area contributed by atoms with Crippen molar-refractivity contribution in [1.82, 2.24) is 0 Å². The van der Waals surface area contributed by atoms with Crippen molar-refractivity contribution >= 4 is 29.7 Å². The first kappa shape index (κ1) is 11.6. The number of anilines is 1. The van der Waals surface area contributed by atoms with E-state index in [1.165, 1.54) is 5.69 Å². The van der Waals surface area contributed by atoms with Crippen LogP contribution < -0.4 is 10.6 Å². The van der Waals surface area contributed by atoms with Crippen molar-refractivity contribution in [3.05, 3.63) is 29.3 Å². The summed E-state index contributed by atoms with van der Waals surface area (Å²) in [7, 11) is 0. The van der Waals surface area contributed by atoms with Crippen LogP contribution in [-0.4, -0.2) is 19.1 Å². The number of nitrogens with zero attached hydrogens (tertiary/aromatic N) is 1. The van der Waals surface area contributed by atoms with Crippen LogP contribution in [0.4, 0.5) is 5.69 Å². The Kier molecular flexibility index (Phi) is 4.05. The summed E-state index contributed by atoms with van der Waals surface area (Å²) in [5.41, 5.74) is 7.01. The van der Waals surface area contributed by atoms with E-state index < -0.39 is 0 Å². The summed E-state index contributed by atoms with van der Waals surface area (Å²) < 4.78 is 0. The molecular weight excluding hydrogens is 219 g/mol. The SMILES string of the molecule is Cl.N[C@H]1CCN(c2cccc(Cl)c2)C1. The lowest BCUT2D eigenvalue weighted by Gasteiger charge is -2.17. The van der Waals surface area contributed by atoms with E-state index in [9.17, 15) is 0 Å². The molecule has 0 unspecified atom stereocenters. The third-order valence-corrected chi connectivity index (χ3v) is 2.63. The molecular formula is C10H14Cl2N2. The van der Waals surface area contributed by atoms with Gasteiger partial charge in [0.2, 0.25) is 0 Å². The largest absolute Gasteiger partial charge is 0.370 e. The van der Waals surface area contributed by atoms with Gasteiger partial charge in [-0.05, 0) is 24.6 Å². The molecule has 1 heterocycles. The minimum absolute atomic E-state index is 0. The highest BCUT2D eigenvalue weighted by Crippen LogP contribution is 2.22. The van der Waals surface area contributed by atoms with Gasteiger partial charge in [-0.3, -0.25) is 0 Å². The van der Waals surface area contributed by atoms with Gasteiger partial charge in [-0.1, -0.05) is 17.7 Å². The molecule has 2 nitrogen and oxygen atoms in total. The normalized spacial score (nSPS) is 20.7. The Bertz CT molecular complexity index is 304. The predicted molar refractivity (Wildman–Crippen MR) is 63.5 cm³/mol. The van der Waals surface area contributed by atoms with E-state index in [-0.39, 0.29) is 12.4 Å². The molecule has 1 aliphatic rings. The van der Waals surface area contributed by atoms with Crippen molar-refractivity contribution in [2.75, 3.05) is 18.0 Å². The van der Waals surface area contributed by atoms with Gasteiger partial charge in [0, 0.05) is 29.8 Å². The Morgan fingerprint density at radius 2 is 2.21 bits per heavy atom.